The number of hydrogen-bond donors (Lipinski definition) is 1. The molecular weight excluding hydrogens is 418 g/mol. The maximum atomic E-state index is 12.6. The second kappa shape index (κ2) is 8.19. The summed E-state index contributed by atoms with van der Waals surface area (Å²) in [4.78, 5) is 25.9. The van der Waals surface area contributed by atoms with E-state index < -0.39 is 24.3 Å². The lowest BCUT2D eigenvalue weighted by Gasteiger charge is -2.26. The third-order valence-corrected chi connectivity index (χ3v) is 8.66. The third kappa shape index (κ3) is 4.05. The number of benzene rings is 2. The van der Waals surface area contributed by atoms with Crippen molar-refractivity contribution in [3.05, 3.63) is 59.7 Å². The first-order valence-electron chi connectivity index (χ1n) is 9.97. The van der Waals surface area contributed by atoms with Gasteiger partial charge in [-0.3, -0.25) is 4.90 Å². The number of carboxylic acid groups (broad SMARTS) is 1. The molecule has 0 bridgehead atoms. The van der Waals surface area contributed by atoms with Gasteiger partial charge in [0.25, 0.3) is 0 Å². The van der Waals surface area contributed by atoms with Gasteiger partial charge in [-0.2, -0.15) is 0 Å². The van der Waals surface area contributed by atoms with E-state index in [-0.39, 0.29) is 10.7 Å². The van der Waals surface area contributed by atoms with Crippen LogP contribution in [0.25, 0.3) is 11.1 Å². The van der Waals surface area contributed by atoms with Gasteiger partial charge < -0.3 is 9.84 Å². The summed E-state index contributed by atoms with van der Waals surface area (Å²) in [5.74, 6) is -0.0853. The van der Waals surface area contributed by atoms with Crippen LogP contribution in [0.15, 0.2) is 48.5 Å². The summed E-state index contributed by atoms with van der Waals surface area (Å²) in [6.45, 7) is 6.26. The van der Waals surface area contributed by atoms with Gasteiger partial charge in [-0.15, -0.1) is 0 Å². The Kier molecular flexibility index (Phi) is 5.77. The molecule has 4 rings (SSSR count). The molecule has 0 spiro atoms. The minimum absolute atomic E-state index is 0.00703. The lowest BCUT2D eigenvalue weighted by Crippen LogP contribution is -2.43. The summed E-state index contributed by atoms with van der Waals surface area (Å²) in [5.41, 5.74) is 4.64. The number of nitrogens with zero attached hydrogens (tertiary/aromatic N) is 1. The molecule has 1 aliphatic heterocycles. The summed E-state index contributed by atoms with van der Waals surface area (Å²) in [6, 6.07) is 15.6. The predicted molar refractivity (Wildman–Crippen MR) is 122 cm³/mol. The number of carbonyl (C=O) groups is 2. The normalized spacial score (nSPS) is 20.8. The summed E-state index contributed by atoms with van der Waals surface area (Å²) >= 11 is 0. The first-order chi connectivity index (χ1) is 14.3. The molecule has 0 saturated carbocycles. The van der Waals surface area contributed by atoms with E-state index in [0.29, 0.717) is 12.2 Å². The summed E-state index contributed by atoms with van der Waals surface area (Å²) in [6.07, 6.45) is -1.49. The predicted octanol–water partition coefficient (Wildman–Crippen LogP) is 5.60. The lowest BCUT2D eigenvalue weighted by molar-refractivity contribution is -0.142. The van der Waals surface area contributed by atoms with Crippen LogP contribution in [0, 0.1) is 0 Å². The molecule has 1 fully saturated rings. The van der Waals surface area contributed by atoms with E-state index in [1.165, 1.54) is 15.7 Å². The molecule has 2 unspecified atom stereocenters. The van der Waals surface area contributed by atoms with Crippen molar-refractivity contribution < 1.29 is 19.4 Å². The van der Waals surface area contributed by atoms with E-state index in [0.717, 1.165) is 22.3 Å². The Balaban J connectivity index is 1.57. The van der Waals surface area contributed by atoms with Crippen molar-refractivity contribution in [2.75, 3.05) is 5.75 Å². The van der Waals surface area contributed by atoms with Crippen LogP contribution in [0.5, 0.6) is 0 Å². The SMILES string of the molecule is CC(C)(C)SSCC1C(=O)OC(CC2c3ccccc3-c3ccccc32)N1C(=O)O. The maximum absolute atomic E-state index is 12.6. The molecule has 2 aromatic rings. The first kappa shape index (κ1) is 21.1. The highest BCUT2D eigenvalue weighted by Crippen LogP contribution is 2.48. The van der Waals surface area contributed by atoms with E-state index in [2.05, 4.69) is 45.0 Å². The smallest absolute Gasteiger partial charge is 0.410 e. The molecule has 1 saturated heterocycles. The molecular formula is C23H25NO4S2. The van der Waals surface area contributed by atoms with Crippen LogP contribution >= 0.6 is 21.6 Å². The molecule has 0 aromatic heterocycles. The molecule has 158 valence electrons. The van der Waals surface area contributed by atoms with Crippen LogP contribution in [0.4, 0.5) is 4.79 Å². The van der Waals surface area contributed by atoms with Gasteiger partial charge in [0.05, 0.1) is 0 Å². The fourth-order valence-corrected chi connectivity index (χ4v) is 6.64. The topological polar surface area (TPSA) is 66.8 Å². The number of carbonyl (C=O) groups excluding carboxylic acids is 1. The Morgan fingerprint density at radius 3 is 2.17 bits per heavy atom. The molecule has 1 amide bonds. The molecule has 7 heteroatoms. The summed E-state index contributed by atoms with van der Waals surface area (Å²) < 4.78 is 5.63. The molecule has 0 radical (unpaired) electrons. The zero-order chi connectivity index (χ0) is 21.5. The number of cyclic esters (lactones) is 1. The van der Waals surface area contributed by atoms with E-state index in [1.807, 2.05) is 24.3 Å². The summed E-state index contributed by atoms with van der Waals surface area (Å²) in [7, 11) is 3.16. The molecule has 2 aromatic carbocycles. The maximum Gasteiger partial charge on any atom is 0.410 e. The Morgan fingerprint density at radius 1 is 1.07 bits per heavy atom. The fraction of sp³-hybridized carbons (Fsp3) is 0.391. The average molecular weight is 444 g/mol. The second-order valence-electron chi connectivity index (χ2n) is 8.54. The van der Waals surface area contributed by atoms with Crippen LogP contribution in [0.3, 0.4) is 0 Å². The Hall–Kier alpha value is -2.12. The van der Waals surface area contributed by atoms with Gasteiger partial charge >= 0.3 is 12.1 Å². The van der Waals surface area contributed by atoms with Crippen LogP contribution < -0.4 is 0 Å². The highest BCUT2D eigenvalue weighted by molar-refractivity contribution is 8.77. The van der Waals surface area contributed by atoms with Gasteiger partial charge in [-0.05, 0) is 22.3 Å². The second-order valence-corrected chi connectivity index (χ2v) is 11.7. The van der Waals surface area contributed by atoms with E-state index in [1.54, 1.807) is 10.8 Å². The average Bonchev–Trinajstić information content (AvgIpc) is 3.17. The Morgan fingerprint density at radius 2 is 1.63 bits per heavy atom. The monoisotopic (exact) mass is 443 g/mol. The number of hydrogen-bond acceptors (Lipinski definition) is 5. The van der Waals surface area contributed by atoms with Crippen molar-refractivity contribution in [2.45, 2.75) is 50.1 Å². The standard InChI is InChI=1S/C23H25NO4S2/c1-23(2,3)30-29-13-19-21(25)28-20(24(19)22(26)27)12-18-16-10-6-4-8-14(16)15-9-5-7-11-17(15)18/h4-11,18-20H,12-13H2,1-3H3,(H,26,27). The van der Waals surface area contributed by atoms with E-state index in [9.17, 15) is 14.7 Å². The van der Waals surface area contributed by atoms with Crippen LogP contribution in [-0.2, 0) is 9.53 Å². The van der Waals surface area contributed by atoms with Crippen molar-refractivity contribution in [3.8, 4) is 11.1 Å². The molecule has 2 aliphatic rings. The lowest BCUT2D eigenvalue weighted by atomic mass is 9.92. The minimum atomic E-state index is -1.11. The van der Waals surface area contributed by atoms with Gasteiger partial charge in [-0.1, -0.05) is 90.9 Å². The van der Waals surface area contributed by atoms with Crippen LogP contribution in [-0.4, -0.2) is 44.8 Å². The van der Waals surface area contributed by atoms with Gasteiger partial charge in [0.1, 0.15) is 6.04 Å². The molecule has 1 N–H and O–H groups in total. The highest BCUT2D eigenvalue weighted by atomic mass is 33.1. The van der Waals surface area contributed by atoms with Gasteiger partial charge in [-0.25, -0.2) is 9.59 Å². The Labute approximate surface area is 184 Å². The van der Waals surface area contributed by atoms with Crippen molar-refractivity contribution in [2.24, 2.45) is 0 Å². The molecule has 30 heavy (non-hydrogen) atoms. The van der Waals surface area contributed by atoms with Gasteiger partial charge in [0.15, 0.2) is 6.23 Å². The number of amides is 1. The van der Waals surface area contributed by atoms with E-state index >= 15 is 0 Å². The zero-order valence-electron chi connectivity index (χ0n) is 17.2. The molecule has 1 aliphatic carbocycles. The van der Waals surface area contributed by atoms with Gasteiger partial charge in [0, 0.05) is 22.8 Å². The first-order valence-corrected chi connectivity index (χ1v) is 12.3. The van der Waals surface area contributed by atoms with Gasteiger partial charge in [0.2, 0.25) is 0 Å². The quantitative estimate of drug-likeness (QED) is 0.479. The fourth-order valence-electron chi connectivity index (χ4n) is 4.14. The van der Waals surface area contributed by atoms with Crippen LogP contribution in [0.2, 0.25) is 0 Å². The number of rotatable bonds is 5. The van der Waals surface area contributed by atoms with E-state index in [4.69, 9.17) is 4.74 Å². The number of esters is 1. The highest BCUT2D eigenvalue weighted by Gasteiger charge is 2.47. The number of fused-ring (bicyclic) bond motifs is 3. The molecule has 5 nitrogen and oxygen atoms in total. The van der Waals surface area contributed by atoms with Crippen LogP contribution in [0.1, 0.15) is 44.2 Å². The molecule has 2 atom stereocenters. The largest absolute Gasteiger partial charge is 0.465 e. The van der Waals surface area contributed by atoms with Crippen molar-refractivity contribution in [1.29, 1.82) is 0 Å². The number of ether oxygens (including phenoxy) is 1. The third-order valence-electron chi connectivity index (χ3n) is 5.33. The Bertz CT molecular complexity index is 926. The summed E-state index contributed by atoms with van der Waals surface area (Å²) in [5, 5.41) is 9.87. The van der Waals surface area contributed by atoms with Crippen molar-refractivity contribution in [3.63, 3.8) is 0 Å². The zero-order valence-corrected chi connectivity index (χ0v) is 18.8. The minimum Gasteiger partial charge on any atom is -0.465 e. The molecule has 1 heterocycles. The van der Waals surface area contributed by atoms with Crippen molar-refractivity contribution in [1.82, 2.24) is 4.90 Å². The van der Waals surface area contributed by atoms with Crippen molar-refractivity contribution >= 4 is 33.7 Å².